The zero-order chi connectivity index (χ0) is 16.1. The summed E-state index contributed by atoms with van der Waals surface area (Å²) in [5, 5.41) is 0. The van der Waals surface area contributed by atoms with E-state index >= 15 is 0 Å². The Labute approximate surface area is 136 Å². The van der Waals surface area contributed by atoms with Gasteiger partial charge in [0.05, 0.1) is 13.2 Å². The molecule has 2 heterocycles. The molecule has 2 fully saturated rings. The first kappa shape index (κ1) is 16.1. The van der Waals surface area contributed by atoms with Crippen molar-refractivity contribution in [1.29, 1.82) is 0 Å². The van der Waals surface area contributed by atoms with Crippen molar-refractivity contribution >= 4 is 11.7 Å². The van der Waals surface area contributed by atoms with E-state index in [0.717, 1.165) is 25.9 Å². The molecular weight excluding hydrogens is 294 g/mol. The lowest BCUT2D eigenvalue weighted by Gasteiger charge is -2.33. The second-order valence-electron chi connectivity index (χ2n) is 6.12. The number of nitrogens with zero attached hydrogens (tertiary/aromatic N) is 1. The Morgan fingerprint density at radius 2 is 1.65 bits per heavy atom. The monoisotopic (exact) mass is 317 g/mol. The van der Waals surface area contributed by atoms with Crippen molar-refractivity contribution < 1.29 is 19.1 Å². The molecule has 5 heteroatoms. The highest BCUT2D eigenvalue weighted by Crippen LogP contribution is 2.26. The van der Waals surface area contributed by atoms with Gasteiger partial charge in [0.25, 0.3) is 0 Å². The predicted molar refractivity (Wildman–Crippen MR) is 85.0 cm³/mol. The van der Waals surface area contributed by atoms with Gasteiger partial charge < -0.3 is 14.4 Å². The summed E-state index contributed by atoms with van der Waals surface area (Å²) in [5.41, 5.74) is 0.675. The van der Waals surface area contributed by atoms with Gasteiger partial charge in [0.15, 0.2) is 12.1 Å². The Hall–Kier alpha value is -1.72. The molecular formula is C18H23NO4. The van der Waals surface area contributed by atoms with Gasteiger partial charge in [-0.3, -0.25) is 9.59 Å². The molecule has 1 amide bonds. The third-order valence-corrected chi connectivity index (χ3v) is 4.59. The molecule has 0 saturated carbocycles. The van der Waals surface area contributed by atoms with E-state index in [0.29, 0.717) is 24.7 Å². The minimum Gasteiger partial charge on any atom is -0.350 e. The van der Waals surface area contributed by atoms with E-state index in [9.17, 15) is 9.59 Å². The Morgan fingerprint density at radius 3 is 2.30 bits per heavy atom. The summed E-state index contributed by atoms with van der Waals surface area (Å²) < 4.78 is 11.1. The van der Waals surface area contributed by atoms with Crippen molar-refractivity contribution in [3.05, 3.63) is 35.9 Å². The number of likely N-dealkylation sites (tertiary alicyclic amines) is 1. The van der Waals surface area contributed by atoms with Crippen LogP contribution in [0.5, 0.6) is 0 Å². The molecule has 23 heavy (non-hydrogen) atoms. The van der Waals surface area contributed by atoms with E-state index in [4.69, 9.17) is 9.47 Å². The van der Waals surface area contributed by atoms with Crippen molar-refractivity contribution in [2.24, 2.45) is 5.92 Å². The van der Waals surface area contributed by atoms with E-state index in [1.807, 2.05) is 23.1 Å². The number of amides is 1. The Bertz CT molecular complexity index is 531. The number of benzene rings is 1. The molecule has 0 spiro atoms. The van der Waals surface area contributed by atoms with E-state index in [1.54, 1.807) is 12.1 Å². The summed E-state index contributed by atoms with van der Waals surface area (Å²) >= 11 is 0. The summed E-state index contributed by atoms with van der Waals surface area (Å²) in [6, 6.07) is 9.14. The van der Waals surface area contributed by atoms with Gasteiger partial charge >= 0.3 is 0 Å². The first-order chi connectivity index (χ1) is 11.2. The lowest BCUT2D eigenvalue weighted by Crippen LogP contribution is -2.41. The smallest absolute Gasteiger partial charge is 0.223 e. The lowest BCUT2D eigenvalue weighted by molar-refractivity contribution is -0.136. The zero-order valence-corrected chi connectivity index (χ0v) is 13.3. The molecule has 1 aromatic carbocycles. The van der Waals surface area contributed by atoms with E-state index in [1.165, 1.54) is 0 Å². The summed E-state index contributed by atoms with van der Waals surface area (Å²) in [6.07, 6.45) is 2.28. The number of ether oxygens (including phenoxy) is 2. The van der Waals surface area contributed by atoms with E-state index in [-0.39, 0.29) is 30.8 Å². The SMILES string of the molecule is O=C(CCC(=O)N1CCC(C2OCCO2)CC1)c1ccccc1. The average Bonchev–Trinajstić information content (AvgIpc) is 3.15. The Kier molecular flexibility index (Phi) is 5.41. The van der Waals surface area contributed by atoms with Crippen LogP contribution in [-0.4, -0.2) is 49.2 Å². The maximum atomic E-state index is 12.3. The quantitative estimate of drug-likeness (QED) is 0.782. The summed E-state index contributed by atoms with van der Waals surface area (Å²) in [4.78, 5) is 26.2. The van der Waals surface area contributed by atoms with E-state index < -0.39 is 0 Å². The summed E-state index contributed by atoms with van der Waals surface area (Å²) in [5.74, 6) is 0.482. The van der Waals surface area contributed by atoms with Crippen LogP contribution in [-0.2, 0) is 14.3 Å². The summed E-state index contributed by atoms with van der Waals surface area (Å²) in [6.45, 7) is 2.80. The number of Topliss-reactive ketones (excluding diaryl/α,β-unsaturated/α-hetero) is 1. The molecule has 0 aromatic heterocycles. The highest BCUT2D eigenvalue weighted by Gasteiger charge is 2.31. The summed E-state index contributed by atoms with van der Waals surface area (Å²) in [7, 11) is 0. The van der Waals surface area contributed by atoms with Gasteiger partial charge in [-0.05, 0) is 12.8 Å². The molecule has 3 rings (SSSR count). The van der Waals surface area contributed by atoms with Gasteiger partial charge in [0.1, 0.15) is 0 Å². The van der Waals surface area contributed by atoms with Crippen LogP contribution in [0.15, 0.2) is 30.3 Å². The molecule has 0 bridgehead atoms. The number of rotatable bonds is 5. The van der Waals surface area contributed by atoms with Gasteiger partial charge in [-0.15, -0.1) is 0 Å². The largest absolute Gasteiger partial charge is 0.350 e. The molecule has 5 nitrogen and oxygen atoms in total. The van der Waals surface area contributed by atoms with Gasteiger partial charge in [-0.25, -0.2) is 0 Å². The number of carbonyl (C=O) groups is 2. The fourth-order valence-corrected chi connectivity index (χ4v) is 3.22. The molecule has 0 atom stereocenters. The molecule has 2 aliphatic heterocycles. The zero-order valence-electron chi connectivity index (χ0n) is 13.3. The highest BCUT2D eigenvalue weighted by molar-refractivity contribution is 5.97. The highest BCUT2D eigenvalue weighted by atomic mass is 16.7. The molecule has 124 valence electrons. The third-order valence-electron chi connectivity index (χ3n) is 4.59. The van der Waals surface area contributed by atoms with Crippen molar-refractivity contribution in [1.82, 2.24) is 4.90 Å². The number of carbonyl (C=O) groups excluding carboxylic acids is 2. The first-order valence-corrected chi connectivity index (χ1v) is 8.33. The number of ketones is 1. The van der Waals surface area contributed by atoms with Gasteiger partial charge in [-0.1, -0.05) is 30.3 Å². The van der Waals surface area contributed by atoms with Crippen LogP contribution in [0, 0.1) is 5.92 Å². The first-order valence-electron chi connectivity index (χ1n) is 8.33. The standard InChI is InChI=1S/C18H23NO4/c20-16(14-4-2-1-3-5-14)6-7-17(21)19-10-8-15(9-11-19)18-22-12-13-23-18/h1-5,15,18H,6-13H2. The van der Waals surface area contributed by atoms with Crippen molar-refractivity contribution in [3.8, 4) is 0 Å². The molecule has 2 saturated heterocycles. The van der Waals surface area contributed by atoms with Crippen LogP contribution in [0.1, 0.15) is 36.0 Å². The second-order valence-corrected chi connectivity index (χ2v) is 6.12. The lowest BCUT2D eigenvalue weighted by atomic mass is 9.95. The Morgan fingerprint density at radius 1 is 1.00 bits per heavy atom. The van der Waals surface area contributed by atoms with Crippen molar-refractivity contribution in [2.75, 3.05) is 26.3 Å². The van der Waals surface area contributed by atoms with Gasteiger partial charge in [-0.2, -0.15) is 0 Å². The van der Waals surface area contributed by atoms with Crippen LogP contribution < -0.4 is 0 Å². The van der Waals surface area contributed by atoms with Crippen LogP contribution in [0.4, 0.5) is 0 Å². The number of piperidine rings is 1. The molecule has 0 radical (unpaired) electrons. The normalized spacial score (nSPS) is 19.9. The molecule has 1 aromatic rings. The molecule has 0 N–H and O–H groups in total. The van der Waals surface area contributed by atoms with Crippen LogP contribution in [0.3, 0.4) is 0 Å². The minimum atomic E-state index is -0.0908. The topological polar surface area (TPSA) is 55.8 Å². The van der Waals surface area contributed by atoms with Gasteiger partial charge in [0, 0.05) is 37.4 Å². The maximum absolute atomic E-state index is 12.3. The predicted octanol–water partition coefficient (Wildman–Crippen LogP) is 2.26. The molecule has 2 aliphatic rings. The molecule has 0 unspecified atom stereocenters. The van der Waals surface area contributed by atoms with Crippen molar-refractivity contribution in [3.63, 3.8) is 0 Å². The number of hydrogen-bond acceptors (Lipinski definition) is 4. The van der Waals surface area contributed by atoms with Gasteiger partial charge in [0.2, 0.25) is 5.91 Å². The Balaban J connectivity index is 1.42. The average molecular weight is 317 g/mol. The molecule has 0 aliphatic carbocycles. The van der Waals surface area contributed by atoms with Crippen LogP contribution in [0.25, 0.3) is 0 Å². The van der Waals surface area contributed by atoms with Crippen LogP contribution >= 0.6 is 0 Å². The second kappa shape index (κ2) is 7.70. The third kappa shape index (κ3) is 4.18. The fraction of sp³-hybridized carbons (Fsp3) is 0.556. The van der Waals surface area contributed by atoms with Crippen molar-refractivity contribution in [2.45, 2.75) is 32.0 Å². The van der Waals surface area contributed by atoms with E-state index in [2.05, 4.69) is 0 Å². The van der Waals surface area contributed by atoms with Crippen LogP contribution in [0.2, 0.25) is 0 Å². The minimum absolute atomic E-state index is 0.0293. The fourth-order valence-electron chi connectivity index (χ4n) is 3.22. The maximum Gasteiger partial charge on any atom is 0.223 e. The number of hydrogen-bond donors (Lipinski definition) is 0.